The van der Waals surface area contributed by atoms with E-state index in [4.69, 9.17) is 9.47 Å². The molecule has 0 aliphatic heterocycles. The van der Waals surface area contributed by atoms with Crippen LogP contribution in [0.1, 0.15) is 79.6 Å². The average Bonchev–Trinajstić information content (AvgIpc) is 2.64. The second-order valence-corrected chi connectivity index (χ2v) is 8.23. The molecule has 0 fully saturated rings. The molecule has 0 rings (SSSR count). The molecule has 3 N–H and O–H groups in total. The molecule has 2 amide bonds. The lowest BCUT2D eigenvalue weighted by Gasteiger charge is -2.33. The maximum Gasteiger partial charge on any atom is 0.279 e. The lowest BCUT2D eigenvalue weighted by atomic mass is 9.77. The van der Waals surface area contributed by atoms with Crippen molar-refractivity contribution in [3.8, 4) is 0 Å². The maximum absolute atomic E-state index is 11.7. The van der Waals surface area contributed by atoms with E-state index in [1.165, 1.54) is 21.1 Å². The smallest absolute Gasteiger partial charge is 0.279 e. The Bertz CT molecular complexity index is 468. The molecular weight excluding hydrogens is 360 g/mol. The van der Waals surface area contributed by atoms with E-state index in [-0.39, 0.29) is 29.2 Å². The Hall–Kier alpha value is -1.18. The maximum atomic E-state index is 11.7. The van der Waals surface area contributed by atoms with Gasteiger partial charge < -0.3 is 25.2 Å². The average molecular weight is 403 g/mol. The molecule has 0 aliphatic carbocycles. The van der Waals surface area contributed by atoms with E-state index in [0.717, 1.165) is 38.5 Å². The Morgan fingerprint density at radius 2 is 1.64 bits per heavy atom. The van der Waals surface area contributed by atoms with Gasteiger partial charge in [-0.3, -0.25) is 9.59 Å². The molecule has 0 radical (unpaired) electrons. The lowest BCUT2D eigenvalue weighted by molar-refractivity contribution is -0.343. The summed E-state index contributed by atoms with van der Waals surface area (Å²) >= 11 is 0. The topological polar surface area (TPSA) is 96.9 Å². The van der Waals surface area contributed by atoms with Gasteiger partial charge in [0.1, 0.15) is 0 Å². The van der Waals surface area contributed by atoms with Crippen LogP contribution in [0.4, 0.5) is 0 Å². The van der Waals surface area contributed by atoms with Gasteiger partial charge in [0.25, 0.3) is 5.97 Å². The van der Waals surface area contributed by atoms with Crippen molar-refractivity contribution in [3.05, 3.63) is 0 Å². The highest BCUT2D eigenvalue weighted by molar-refractivity contribution is 5.73. The molecule has 28 heavy (non-hydrogen) atoms. The van der Waals surface area contributed by atoms with Gasteiger partial charge in [0, 0.05) is 47.1 Å². The van der Waals surface area contributed by atoms with Crippen LogP contribution in [0.3, 0.4) is 0 Å². The fourth-order valence-electron chi connectivity index (χ4n) is 3.42. The third kappa shape index (κ3) is 11.0. The Morgan fingerprint density at radius 3 is 2.11 bits per heavy atom. The van der Waals surface area contributed by atoms with Gasteiger partial charge in [-0.1, -0.05) is 27.2 Å². The Morgan fingerprint density at radius 1 is 1.04 bits per heavy atom. The summed E-state index contributed by atoms with van der Waals surface area (Å²) in [6.45, 7) is 10.3. The summed E-state index contributed by atoms with van der Waals surface area (Å²) < 4.78 is 9.98. The molecule has 3 unspecified atom stereocenters. The van der Waals surface area contributed by atoms with Crippen molar-refractivity contribution in [2.75, 3.05) is 20.8 Å². The zero-order valence-electron chi connectivity index (χ0n) is 18.9. The number of amides is 2. The normalized spacial score (nSPS) is 16.1. The predicted octanol–water partition coefficient (Wildman–Crippen LogP) is 2.96. The summed E-state index contributed by atoms with van der Waals surface area (Å²) in [5.74, 6) is -1.32. The molecule has 0 aromatic heterocycles. The van der Waals surface area contributed by atoms with E-state index < -0.39 is 5.97 Å². The van der Waals surface area contributed by atoms with E-state index in [1.807, 2.05) is 0 Å². The lowest BCUT2D eigenvalue weighted by Crippen LogP contribution is -2.40. The fourth-order valence-corrected chi connectivity index (χ4v) is 3.42. The van der Waals surface area contributed by atoms with E-state index in [0.29, 0.717) is 13.0 Å². The Labute approximate surface area is 170 Å². The number of nitrogens with one attached hydrogen (secondary N) is 2. The molecule has 0 saturated carbocycles. The van der Waals surface area contributed by atoms with Crippen LogP contribution in [-0.4, -0.2) is 49.7 Å². The molecule has 3 atom stereocenters. The fraction of sp³-hybridized carbons (Fsp3) is 0.905. The second-order valence-electron chi connectivity index (χ2n) is 8.23. The highest BCUT2D eigenvalue weighted by Gasteiger charge is 2.28. The van der Waals surface area contributed by atoms with E-state index in [2.05, 4.69) is 31.4 Å². The molecule has 7 heteroatoms. The largest absolute Gasteiger partial charge is 0.356 e. The number of aliphatic hydroxyl groups is 1. The first-order chi connectivity index (χ1) is 13.0. The van der Waals surface area contributed by atoms with Gasteiger partial charge in [-0.15, -0.1) is 0 Å². The monoisotopic (exact) mass is 402 g/mol. The molecule has 7 nitrogen and oxygen atoms in total. The van der Waals surface area contributed by atoms with Gasteiger partial charge >= 0.3 is 0 Å². The number of carbonyl (C=O) groups excluding carboxylic acids is 2. The van der Waals surface area contributed by atoms with Gasteiger partial charge in [-0.05, 0) is 43.4 Å². The molecule has 0 heterocycles. The van der Waals surface area contributed by atoms with E-state index >= 15 is 0 Å². The van der Waals surface area contributed by atoms with Gasteiger partial charge in [0.15, 0.2) is 0 Å². The number of carbonyl (C=O) groups is 2. The summed E-state index contributed by atoms with van der Waals surface area (Å²) in [7, 11) is 2.83. The second kappa shape index (κ2) is 13.1. The zero-order valence-corrected chi connectivity index (χ0v) is 18.9. The molecular formula is C21H42N2O5. The number of hydrogen-bond acceptors (Lipinski definition) is 5. The minimum absolute atomic E-state index is 0.00437. The molecule has 0 bridgehead atoms. The highest BCUT2D eigenvalue weighted by Crippen LogP contribution is 2.33. The summed E-state index contributed by atoms with van der Waals surface area (Å²) in [5.41, 5.74) is 0.116. The van der Waals surface area contributed by atoms with Crippen molar-refractivity contribution >= 4 is 11.8 Å². The first-order valence-electron chi connectivity index (χ1n) is 10.3. The van der Waals surface area contributed by atoms with Crippen LogP contribution in [0.2, 0.25) is 0 Å². The van der Waals surface area contributed by atoms with Crippen LogP contribution < -0.4 is 10.6 Å². The molecule has 0 aromatic rings. The Balaban J connectivity index is 4.73. The van der Waals surface area contributed by atoms with Crippen molar-refractivity contribution in [2.45, 2.75) is 91.6 Å². The van der Waals surface area contributed by atoms with Crippen LogP contribution in [0, 0.1) is 11.3 Å². The highest BCUT2D eigenvalue weighted by atomic mass is 16.8. The van der Waals surface area contributed by atoms with Crippen LogP contribution in [-0.2, 0) is 19.1 Å². The van der Waals surface area contributed by atoms with E-state index in [1.54, 1.807) is 6.92 Å². The van der Waals surface area contributed by atoms with Crippen molar-refractivity contribution in [1.82, 2.24) is 10.6 Å². The van der Waals surface area contributed by atoms with Gasteiger partial charge in [-0.2, -0.15) is 0 Å². The Kier molecular flexibility index (Phi) is 12.6. The quantitative estimate of drug-likeness (QED) is 0.366. The van der Waals surface area contributed by atoms with Crippen molar-refractivity contribution < 1.29 is 24.2 Å². The van der Waals surface area contributed by atoms with Crippen molar-refractivity contribution in [3.63, 3.8) is 0 Å². The van der Waals surface area contributed by atoms with Crippen LogP contribution >= 0.6 is 0 Å². The summed E-state index contributed by atoms with van der Waals surface area (Å²) in [5, 5.41) is 16.0. The van der Waals surface area contributed by atoms with Crippen LogP contribution in [0.5, 0.6) is 0 Å². The summed E-state index contributed by atoms with van der Waals surface area (Å²) in [6, 6.07) is 0.0716. The minimum atomic E-state index is -1.55. The third-order valence-electron chi connectivity index (χ3n) is 5.88. The number of methoxy groups -OCH3 is 2. The van der Waals surface area contributed by atoms with Crippen molar-refractivity contribution in [1.29, 1.82) is 0 Å². The standard InChI is InChI=1S/C21H42N2O5/c1-8-20(5,14-15-22-17(3)24)13-11-19(23-18(4)25)16(2)10-9-12-21(26,27-6)28-7/h16,19,26H,8-15H2,1-7H3,(H,22,24)(H,23,25). The van der Waals surface area contributed by atoms with Gasteiger partial charge in [-0.25, -0.2) is 0 Å². The third-order valence-corrected chi connectivity index (χ3v) is 5.88. The molecule has 166 valence electrons. The molecule has 0 spiro atoms. The minimum Gasteiger partial charge on any atom is -0.356 e. The van der Waals surface area contributed by atoms with Crippen LogP contribution in [0.25, 0.3) is 0 Å². The van der Waals surface area contributed by atoms with Crippen molar-refractivity contribution in [2.24, 2.45) is 11.3 Å². The SMILES string of the molecule is CCC(C)(CCNC(C)=O)CCC(NC(C)=O)C(C)CCCC(O)(OC)OC. The van der Waals surface area contributed by atoms with Crippen LogP contribution in [0.15, 0.2) is 0 Å². The number of hydrogen-bond donors (Lipinski definition) is 3. The molecule has 0 aromatic carbocycles. The summed E-state index contributed by atoms with van der Waals surface area (Å²) in [6.07, 6.45) is 5.72. The number of rotatable bonds is 15. The number of ether oxygens (including phenoxy) is 2. The zero-order chi connectivity index (χ0) is 21.8. The summed E-state index contributed by atoms with van der Waals surface area (Å²) in [4.78, 5) is 22.8. The van der Waals surface area contributed by atoms with E-state index in [9.17, 15) is 14.7 Å². The molecule has 0 saturated heterocycles. The van der Waals surface area contributed by atoms with Gasteiger partial charge in [0.2, 0.25) is 11.8 Å². The first-order valence-corrected chi connectivity index (χ1v) is 10.3. The van der Waals surface area contributed by atoms with Gasteiger partial charge in [0.05, 0.1) is 0 Å². The predicted molar refractivity (Wildman–Crippen MR) is 111 cm³/mol. The first kappa shape index (κ1) is 26.8. The molecule has 0 aliphatic rings.